The number of nitrogens with one attached hydrogen (secondary N) is 1. The quantitative estimate of drug-likeness (QED) is 0.425. The monoisotopic (exact) mass is 398 g/mol. The Morgan fingerprint density at radius 3 is 2.47 bits per heavy atom. The van der Waals surface area contributed by atoms with Crippen molar-refractivity contribution in [1.82, 2.24) is 4.98 Å². The predicted octanol–water partition coefficient (Wildman–Crippen LogP) is 5.65. The number of pyridine rings is 1. The highest BCUT2D eigenvalue weighted by Crippen LogP contribution is 2.26. The summed E-state index contributed by atoms with van der Waals surface area (Å²) < 4.78 is 10.6. The Balaban J connectivity index is 1.54. The molecule has 0 aliphatic rings. The molecule has 0 saturated carbocycles. The van der Waals surface area contributed by atoms with Gasteiger partial charge in [-0.2, -0.15) is 0 Å². The number of anilines is 2. The van der Waals surface area contributed by atoms with E-state index in [-0.39, 0.29) is 12.6 Å². The fraction of sp³-hybridized carbons (Fsp3) is 0.120. The largest absolute Gasteiger partial charge is 0.497 e. The minimum absolute atomic E-state index is 0.153. The molecular formula is C25H22N2O3. The van der Waals surface area contributed by atoms with Gasteiger partial charge in [0.15, 0.2) is 0 Å². The van der Waals surface area contributed by atoms with E-state index in [4.69, 9.17) is 14.5 Å². The molecule has 1 aromatic heterocycles. The molecule has 1 heterocycles. The van der Waals surface area contributed by atoms with Crippen molar-refractivity contribution in [2.45, 2.75) is 13.5 Å². The number of hydrogen-bond donors (Lipinski definition) is 1. The number of rotatable bonds is 6. The highest BCUT2D eigenvalue weighted by atomic mass is 16.5. The number of ether oxygens (including phenoxy) is 2. The fourth-order valence-corrected chi connectivity index (χ4v) is 3.23. The standard InChI is InChI=1S/C25H22N2O3/c1-17-23(27-21-9-4-3-5-10-21)15-19-7-6-8-20(24(19)26-17)16-30-25(28)18-11-13-22(29-2)14-12-18/h3-15,27H,16H2,1-2H3. The van der Waals surface area contributed by atoms with E-state index in [9.17, 15) is 4.79 Å². The molecule has 30 heavy (non-hydrogen) atoms. The van der Waals surface area contributed by atoms with Crippen LogP contribution in [0.15, 0.2) is 78.9 Å². The molecule has 5 nitrogen and oxygen atoms in total. The summed E-state index contributed by atoms with van der Waals surface area (Å²) in [5.74, 6) is 0.314. The zero-order valence-electron chi connectivity index (χ0n) is 16.9. The van der Waals surface area contributed by atoms with Crippen molar-refractivity contribution in [3.05, 3.63) is 95.7 Å². The number of para-hydroxylation sites is 2. The van der Waals surface area contributed by atoms with Gasteiger partial charge in [0.2, 0.25) is 0 Å². The Labute approximate surface area is 175 Å². The lowest BCUT2D eigenvalue weighted by Crippen LogP contribution is -2.06. The Bertz CT molecular complexity index is 1170. The Morgan fingerprint density at radius 2 is 1.73 bits per heavy atom. The second-order valence-electron chi connectivity index (χ2n) is 6.91. The van der Waals surface area contributed by atoms with Gasteiger partial charge in [-0.3, -0.25) is 4.98 Å². The van der Waals surface area contributed by atoms with Gasteiger partial charge < -0.3 is 14.8 Å². The summed E-state index contributed by atoms with van der Waals surface area (Å²) in [6.45, 7) is 2.12. The van der Waals surface area contributed by atoms with Gasteiger partial charge in [-0.15, -0.1) is 0 Å². The van der Waals surface area contributed by atoms with Gasteiger partial charge in [-0.25, -0.2) is 4.79 Å². The van der Waals surface area contributed by atoms with E-state index in [0.29, 0.717) is 11.3 Å². The van der Waals surface area contributed by atoms with Gasteiger partial charge in [0.05, 0.1) is 29.6 Å². The summed E-state index contributed by atoms with van der Waals surface area (Å²) in [6, 6.07) is 24.8. The van der Waals surface area contributed by atoms with Crippen LogP contribution in [0.3, 0.4) is 0 Å². The van der Waals surface area contributed by atoms with E-state index in [1.54, 1.807) is 31.4 Å². The Kier molecular flexibility index (Phi) is 5.61. The van der Waals surface area contributed by atoms with Crippen LogP contribution in [0.25, 0.3) is 10.9 Å². The van der Waals surface area contributed by atoms with Gasteiger partial charge >= 0.3 is 5.97 Å². The molecule has 150 valence electrons. The van der Waals surface area contributed by atoms with Crippen molar-refractivity contribution in [3.63, 3.8) is 0 Å². The highest BCUT2D eigenvalue weighted by Gasteiger charge is 2.11. The second-order valence-corrected chi connectivity index (χ2v) is 6.91. The second kappa shape index (κ2) is 8.66. The van der Waals surface area contributed by atoms with Crippen LogP contribution >= 0.6 is 0 Å². The molecule has 0 spiro atoms. The minimum atomic E-state index is -0.381. The van der Waals surface area contributed by atoms with Gasteiger partial charge in [0.1, 0.15) is 12.4 Å². The van der Waals surface area contributed by atoms with Crippen molar-refractivity contribution < 1.29 is 14.3 Å². The summed E-state index contributed by atoms with van der Waals surface area (Å²) in [4.78, 5) is 17.2. The summed E-state index contributed by atoms with van der Waals surface area (Å²) in [6.07, 6.45) is 0. The summed E-state index contributed by atoms with van der Waals surface area (Å²) in [5, 5.41) is 4.39. The molecule has 0 atom stereocenters. The highest BCUT2D eigenvalue weighted by molar-refractivity contribution is 5.90. The first-order valence-electron chi connectivity index (χ1n) is 9.66. The number of hydrogen-bond acceptors (Lipinski definition) is 5. The summed E-state index contributed by atoms with van der Waals surface area (Å²) in [5.41, 5.74) is 5.00. The number of fused-ring (bicyclic) bond motifs is 1. The molecule has 0 fully saturated rings. The molecule has 0 unspecified atom stereocenters. The minimum Gasteiger partial charge on any atom is -0.497 e. The first-order chi connectivity index (χ1) is 14.6. The molecular weight excluding hydrogens is 376 g/mol. The van der Waals surface area contributed by atoms with Crippen LogP contribution in [0.1, 0.15) is 21.6 Å². The number of benzene rings is 3. The maximum Gasteiger partial charge on any atom is 0.338 e. The zero-order chi connectivity index (χ0) is 20.9. The molecule has 3 aromatic carbocycles. The average Bonchev–Trinajstić information content (AvgIpc) is 2.79. The first kappa shape index (κ1) is 19.5. The number of carbonyl (C=O) groups is 1. The lowest BCUT2D eigenvalue weighted by atomic mass is 10.1. The fourth-order valence-electron chi connectivity index (χ4n) is 3.23. The average molecular weight is 398 g/mol. The third-order valence-corrected chi connectivity index (χ3v) is 4.86. The number of aryl methyl sites for hydroxylation is 1. The molecule has 1 N–H and O–H groups in total. The maximum atomic E-state index is 12.4. The molecule has 0 saturated heterocycles. The Morgan fingerprint density at radius 1 is 0.967 bits per heavy atom. The number of carbonyl (C=O) groups excluding carboxylic acids is 1. The molecule has 0 radical (unpaired) electrons. The maximum absolute atomic E-state index is 12.4. The van der Waals surface area contributed by atoms with Crippen LogP contribution in [0.4, 0.5) is 11.4 Å². The normalized spacial score (nSPS) is 10.6. The third kappa shape index (κ3) is 4.25. The van der Waals surface area contributed by atoms with Crippen LogP contribution in [-0.2, 0) is 11.3 Å². The van der Waals surface area contributed by atoms with Gasteiger partial charge in [0, 0.05) is 16.6 Å². The van der Waals surface area contributed by atoms with Crippen molar-refractivity contribution in [3.8, 4) is 5.75 Å². The van der Waals surface area contributed by atoms with E-state index in [1.165, 1.54) is 0 Å². The van der Waals surface area contributed by atoms with Crippen molar-refractivity contribution in [2.24, 2.45) is 0 Å². The lowest BCUT2D eigenvalue weighted by Gasteiger charge is -2.13. The molecule has 0 amide bonds. The van der Waals surface area contributed by atoms with Crippen molar-refractivity contribution >= 4 is 28.2 Å². The molecule has 0 aliphatic carbocycles. The van der Waals surface area contributed by atoms with E-state index in [1.807, 2.05) is 55.5 Å². The zero-order valence-corrected chi connectivity index (χ0v) is 16.9. The molecule has 0 bridgehead atoms. The van der Waals surface area contributed by atoms with Crippen LogP contribution in [-0.4, -0.2) is 18.1 Å². The Hall–Kier alpha value is -3.86. The molecule has 4 rings (SSSR count). The SMILES string of the molecule is COc1ccc(C(=O)OCc2cccc3cc(Nc4ccccc4)c(C)nc23)cc1. The van der Waals surface area contributed by atoms with Gasteiger partial charge in [-0.05, 0) is 49.4 Å². The molecule has 0 aliphatic heterocycles. The summed E-state index contributed by atoms with van der Waals surface area (Å²) >= 11 is 0. The topological polar surface area (TPSA) is 60.5 Å². The van der Waals surface area contributed by atoms with E-state index in [2.05, 4.69) is 11.4 Å². The predicted molar refractivity (Wildman–Crippen MR) is 118 cm³/mol. The van der Waals surface area contributed by atoms with Crippen LogP contribution in [0.5, 0.6) is 5.75 Å². The number of esters is 1. The van der Waals surface area contributed by atoms with E-state index < -0.39 is 0 Å². The van der Waals surface area contributed by atoms with Crippen LogP contribution in [0, 0.1) is 6.92 Å². The van der Waals surface area contributed by atoms with Crippen molar-refractivity contribution in [2.75, 3.05) is 12.4 Å². The van der Waals surface area contributed by atoms with Crippen LogP contribution < -0.4 is 10.1 Å². The number of methoxy groups -OCH3 is 1. The number of nitrogens with zero attached hydrogens (tertiary/aromatic N) is 1. The number of aromatic nitrogens is 1. The van der Waals surface area contributed by atoms with Gasteiger partial charge in [-0.1, -0.05) is 36.4 Å². The lowest BCUT2D eigenvalue weighted by molar-refractivity contribution is 0.0474. The smallest absolute Gasteiger partial charge is 0.338 e. The molecule has 5 heteroatoms. The van der Waals surface area contributed by atoms with Crippen LogP contribution in [0.2, 0.25) is 0 Å². The third-order valence-electron chi connectivity index (χ3n) is 4.86. The van der Waals surface area contributed by atoms with Crippen molar-refractivity contribution in [1.29, 1.82) is 0 Å². The van der Waals surface area contributed by atoms with E-state index in [0.717, 1.165) is 33.5 Å². The molecule has 4 aromatic rings. The van der Waals surface area contributed by atoms with Gasteiger partial charge in [0.25, 0.3) is 0 Å². The first-order valence-corrected chi connectivity index (χ1v) is 9.66. The van der Waals surface area contributed by atoms with E-state index >= 15 is 0 Å². The summed E-state index contributed by atoms with van der Waals surface area (Å²) in [7, 11) is 1.59.